The Morgan fingerprint density at radius 2 is 1.88 bits per heavy atom. The molecule has 1 N–H and O–H groups in total. The second kappa shape index (κ2) is 4.49. The van der Waals surface area contributed by atoms with Crippen LogP contribution in [0.3, 0.4) is 0 Å². The van der Waals surface area contributed by atoms with Gasteiger partial charge < -0.3 is 5.32 Å². The van der Waals surface area contributed by atoms with E-state index in [2.05, 4.69) is 29.2 Å². The molecule has 2 aromatic rings. The van der Waals surface area contributed by atoms with Crippen molar-refractivity contribution in [1.82, 2.24) is 14.8 Å². The molecule has 0 radical (unpaired) electrons. The van der Waals surface area contributed by atoms with Crippen molar-refractivity contribution >= 4 is 16.5 Å². The van der Waals surface area contributed by atoms with Crippen LogP contribution in [0.15, 0.2) is 0 Å². The van der Waals surface area contributed by atoms with Gasteiger partial charge in [0, 0.05) is 29.7 Å². The highest BCUT2D eigenvalue weighted by Crippen LogP contribution is 2.22. The fourth-order valence-corrected chi connectivity index (χ4v) is 2.60. The number of nitrogens with one attached hydrogen (secondary N) is 1. The van der Waals surface area contributed by atoms with Gasteiger partial charge in [-0.25, -0.2) is 4.98 Å². The second-order valence-corrected chi connectivity index (χ2v) is 5.49. The van der Waals surface area contributed by atoms with Crippen molar-refractivity contribution in [2.24, 2.45) is 7.05 Å². The summed E-state index contributed by atoms with van der Waals surface area (Å²) >= 11 is 1.70. The van der Waals surface area contributed by atoms with E-state index in [1.165, 1.54) is 16.1 Å². The largest absolute Gasteiger partial charge is 0.357 e. The van der Waals surface area contributed by atoms with Gasteiger partial charge in [-0.1, -0.05) is 0 Å². The minimum atomic E-state index is 0.790. The van der Waals surface area contributed by atoms with E-state index in [9.17, 15) is 0 Å². The van der Waals surface area contributed by atoms with E-state index in [1.54, 1.807) is 11.3 Å². The molecule has 5 heteroatoms. The zero-order valence-electron chi connectivity index (χ0n) is 11.0. The summed E-state index contributed by atoms with van der Waals surface area (Å²) in [6.45, 7) is 9.06. The van der Waals surface area contributed by atoms with Gasteiger partial charge in [-0.2, -0.15) is 5.10 Å². The molecule has 0 atom stereocenters. The normalized spacial score (nSPS) is 10.9. The Morgan fingerprint density at radius 1 is 1.18 bits per heavy atom. The molecule has 0 aliphatic carbocycles. The van der Waals surface area contributed by atoms with Crippen molar-refractivity contribution in [3.8, 4) is 0 Å². The summed E-state index contributed by atoms with van der Waals surface area (Å²) in [7, 11) is 1.98. The fourth-order valence-electron chi connectivity index (χ4n) is 1.79. The number of aromatic nitrogens is 3. The Balaban J connectivity index is 2.12. The van der Waals surface area contributed by atoms with Crippen LogP contribution in [0.1, 0.15) is 27.5 Å². The lowest BCUT2D eigenvalue weighted by atomic mass is 10.2. The molecular formula is C12H18N4S. The van der Waals surface area contributed by atoms with E-state index in [0.29, 0.717) is 0 Å². The molecule has 0 aromatic carbocycles. The standard InChI is InChI=1S/C12H18N4S/c1-7-10(4)17-12(14-7)13-6-11-8(2)15-16(5)9(11)3/h6H2,1-5H3,(H,13,14). The minimum Gasteiger partial charge on any atom is -0.357 e. The third-order valence-corrected chi connectivity index (χ3v) is 4.13. The number of hydrogen-bond donors (Lipinski definition) is 1. The first kappa shape index (κ1) is 12.1. The van der Waals surface area contributed by atoms with Gasteiger partial charge in [0.05, 0.1) is 11.4 Å². The average molecular weight is 250 g/mol. The van der Waals surface area contributed by atoms with Crippen molar-refractivity contribution in [2.45, 2.75) is 34.2 Å². The lowest BCUT2D eigenvalue weighted by Gasteiger charge is -2.03. The van der Waals surface area contributed by atoms with E-state index >= 15 is 0 Å². The zero-order chi connectivity index (χ0) is 12.6. The summed E-state index contributed by atoms with van der Waals surface area (Å²) in [5.74, 6) is 0. The summed E-state index contributed by atoms with van der Waals surface area (Å²) in [4.78, 5) is 5.74. The molecule has 0 aliphatic rings. The van der Waals surface area contributed by atoms with Gasteiger partial charge in [-0.05, 0) is 27.7 Å². The summed E-state index contributed by atoms with van der Waals surface area (Å²) < 4.78 is 1.92. The average Bonchev–Trinajstić information content (AvgIpc) is 2.69. The zero-order valence-corrected chi connectivity index (χ0v) is 11.8. The topological polar surface area (TPSA) is 42.7 Å². The molecule has 2 heterocycles. The quantitative estimate of drug-likeness (QED) is 0.910. The highest BCUT2D eigenvalue weighted by molar-refractivity contribution is 7.15. The summed E-state index contributed by atoms with van der Waals surface area (Å²) in [6.07, 6.45) is 0. The van der Waals surface area contributed by atoms with Crippen LogP contribution in [0.4, 0.5) is 5.13 Å². The number of rotatable bonds is 3. The van der Waals surface area contributed by atoms with Gasteiger partial charge in [-0.3, -0.25) is 4.68 Å². The maximum absolute atomic E-state index is 4.47. The van der Waals surface area contributed by atoms with Gasteiger partial charge in [0.1, 0.15) is 0 Å². The first-order chi connectivity index (χ1) is 7.99. The Kier molecular flexibility index (Phi) is 3.19. The van der Waals surface area contributed by atoms with Crippen LogP contribution in [-0.2, 0) is 13.6 Å². The Labute approximate surface area is 106 Å². The van der Waals surface area contributed by atoms with E-state index in [1.807, 2.05) is 25.6 Å². The van der Waals surface area contributed by atoms with Gasteiger partial charge in [0.2, 0.25) is 0 Å². The highest BCUT2D eigenvalue weighted by atomic mass is 32.1. The van der Waals surface area contributed by atoms with Crippen LogP contribution >= 0.6 is 11.3 Å². The van der Waals surface area contributed by atoms with Gasteiger partial charge in [-0.15, -0.1) is 11.3 Å². The Morgan fingerprint density at radius 3 is 2.35 bits per heavy atom. The maximum Gasteiger partial charge on any atom is 0.183 e. The number of aryl methyl sites for hydroxylation is 4. The number of hydrogen-bond acceptors (Lipinski definition) is 4. The molecule has 92 valence electrons. The summed E-state index contributed by atoms with van der Waals surface area (Å²) in [6, 6.07) is 0. The fraction of sp³-hybridized carbons (Fsp3) is 0.500. The van der Waals surface area contributed by atoms with Gasteiger partial charge in [0.15, 0.2) is 5.13 Å². The van der Waals surface area contributed by atoms with Gasteiger partial charge >= 0.3 is 0 Å². The molecule has 17 heavy (non-hydrogen) atoms. The SMILES string of the molecule is Cc1nc(NCc2c(C)nn(C)c2C)sc1C. The van der Waals surface area contributed by atoms with Crippen molar-refractivity contribution < 1.29 is 0 Å². The molecule has 0 fully saturated rings. The molecule has 2 rings (SSSR count). The third kappa shape index (κ3) is 2.34. The van der Waals surface area contributed by atoms with E-state index in [4.69, 9.17) is 0 Å². The molecular weight excluding hydrogens is 232 g/mol. The predicted octanol–water partition coefficient (Wildman–Crippen LogP) is 2.72. The molecule has 0 aliphatic heterocycles. The first-order valence-electron chi connectivity index (χ1n) is 5.66. The monoisotopic (exact) mass is 250 g/mol. The Hall–Kier alpha value is -1.36. The van der Waals surface area contributed by atoms with Crippen LogP contribution in [0.5, 0.6) is 0 Å². The smallest absolute Gasteiger partial charge is 0.183 e. The van der Waals surface area contributed by atoms with Crippen LogP contribution in [-0.4, -0.2) is 14.8 Å². The maximum atomic E-state index is 4.47. The minimum absolute atomic E-state index is 0.790. The summed E-state index contributed by atoms with van der Waals surface area (Å²) in [5.41, 5.74) is 4.66. The molecule has 4 nitrogen and oxygen atoms in total. The highest BCUT2D eigenvalue weighted by Gasteiger charge is 2.10. The van der Waals surface area contributed by atoms with E-state index < -0.39 is 0 Å². The van der Waals surface area contributed by atoms with Crippen LogP contribution < -0.4 is 5.32 Å². The number of thiazole rings is 1. The van der Waals surface area contributed by atoms with Crippen molar-refractivity contribution in [3.63, 3.8) is 0 Å². The van der Waals surface area contributed by atoms with Crippen molar-refractivity contribution in [1.29, 1.82) is 0 Å². The van der Waals surface area contributed by atoms with Crippen LogP contribution in [0.2, 0.25) is 0 Å². The number of nitrogens with zero attached hydrogens (tertiary/aromatic N) is 3. The van der Waals surface area contributed by atoms with Crippen LogP contribution in [0.25, 0.3) is 0 Å². The molecule has 0 spiro atoms. The molecule has 0 saturated heterocycles. The predicted molar refractivity (Wildman–Crippen MR) is 71.6 cm³/mol. The lowest BCUT2D eigenvalue weighted by Crippen LogP contribution is -2.02. The first-order valence-corrected chi connectivity index (χ1v) is 6.47. The lowest BCUT2D eigenvalue weighted by molar-refractivity contribution is 0.730. The molecule has 0 unspecified atom stereocenters. The van der Waals surface area contributed by atoms with E-state index in [-0.39, 0.29) is 0 Å². The number of anilines is 1. The molecule has 2 aromatic heterocycles. The third-order valence-electron chi connectivity index (χ3n) is 3.10. The molecule has 0 bridgehead atoms. The molecule has 0 amide bonds. The van der Waals surface area contributed by atoms with Gasteiger partial charge in [0.25, 0.3) is 0 Å². The van der Waals surface area contributed by atoms with Crippen LogP contribution in [0, 0.1) is 27.7 Å². The van der Waals surface area contributed by atoms with E-state index in [0.717, 1.165) is 23.1 Å². The van der Waals surface area contributed by atoms with Crippen molar-refractivity contribution in [2.75, 3.05) is 5.32 Å². The second-order valence-electron chi connectivity index (χ2n) is 4.29. The summed E-state index contributed by atoms with van der Waals surface area (Å²) in [5, 5.41) is 8.77. The molecule has 0 saturated carbocycles. The van der Waals surface area contributed by atoms with Crippen molar-refractivity contribution in [3.05, 3.63) is 27.5 Å². The Bertz CT molecular complexity index is 519.